The molecule has 1 atom stereocenters. The van der Waals surface area contributed by atoms with E-state index in [0.717, 1.165) is 28.9 Å². The highest BCUT2D eigenvalue weighted by molar-refractivity contribution is 6.43. The van der Waals surface area contributed by atoms with Gasteiger partial charge in [0, 0.05) is 7.05 Å². The number of hydrogen-bond donors (Lipinski definition) is 2. The van der Waals surface area contributed by atoms with Gasteiger partial charge in [-0.15, -0.1) is 0 Å². The van der Waals surface area contributed by atoms with Crippen molar-refractivity contribution in [3.63, 3.8) is 0 Å². The Kier molecular flexibility index (Phi) is 7.04. The number of rotatable bonds is 6. The molecule has 0 aliphatic carbocycles. The van der Waals surface area contributed by atoms with E-state index in [9.17, 15) is 36.3 Å². The maximum atomic E-state index is 13.7. The van der Waals surface area contributed by atoms with E-state index in [1.807, 2.05) is 0 Å². The van der Waals surface area contributed by atoms with Crippen LogP contribution in [0.4, 0.5) is 22.0 Å². The topological polar surface area (TPSA) is 93.1 Å². The quantitative estimate of drug-likeness (QED) is 0.311. The fourth-order valence-corrected chi connectivity index (χ4v) is 3.48. The Hall–Kier alpha value is -4.09. The molecule has 184 valence electrons. The number of halogens is 5. The second-order valence-corrected chi connectivity index (χ2v) is 7.53. The zero-order valence-corrected chi connectivity index (χ0v) is 18.6. The lowest BCUT2D eigenvalue weighted by Crippen LogP contribution is -2.42. The summed E-state index contributed by atoms with van der Waals surface area (Å²) < 4.78 is 67.3. The third kappa shape index (κ3) is 5.20. The highest BCUT2D eigenvalue weighted by Crippen LogP contribution is 2.31. The molecule has 7 nitrogen and oxygen atoms in total. The van der Waals surface area contributed by atoms with E-state index in [1.165, 1.54) is 33.0 Å². The third-order valence-corrected chi connectivity index (χ3v) is 5.20. The number of alkyl halides is 3. The van der Waals surface area contributed by atoms with Crippen LogP contribution in [0.5, 0.6) is 0 Å². The fraction of sp³-hybridized carbons (Fsp3) is 0.217. The minimum absolute atomic E-state index is 0.0184. The summed E-state index contributed by atoms with van der Waals surface area (Å²) in [4.78, 5) is 38.0. The van der Waals surface area contributed by atoms with Crippen molar-refractivity contribution in [2.75, 3.05) is 7.05 Å². The number of carbonyl (C=O) groups excluding carboxylic acids is 3. The lowest BCUT2D eigenvalue weighted by molar-refractivity contribution is -0.137. The van der Waals surface area contributed by atoms with Gasteiger partial charge >= 0.3 is 6.18 Å². The molecule has 2 amide bonds. The highest BCUT2D eigenvalue weighted by Gasteiger charge is 2.32. The van der Waals surface area contributed by atoms with Crippen LogP contribution in [0.15, 0.2) is 42.5 Å². The van der Waals surface area contributed by atoms with Crippen molar-refractivity contribution >= 4 is 17.6 Å². The summed E-state index contributed by atoms with van der Waals surface area (Å²) >= 11 is 0. The van der Waals surface area contributed by atoms with Crippen LogP contribution < -0.4 is 10.6 Å². The molecule has 0 spiro atoms. The molecule has 0 bridgehead atoms. The molecule has 2 aromatic carbocycles. The van der Waals surface area contributed by atoms with Crippen LogP contribution in [0.3, 0.4) is 0 Å². The first-order valence-corrected chi connectivity index (χ1v) is 10.1. The third-order valence-electron chi connectivity index (χ3n) is 5.20. The molecule has 3 rings (SSSR count). The standard InChI is InChI=1S/C23H19F5N4O3/c1-11-18(12(2)32(31-11)15-6-4-5-14(10-15)23(26,27)28)20(33)22(35)30-19(21(34)29-3)13-7-8-16(24)17(25)9-13/h4-10,19H,1-3H3,(H,29,34)(H,30,35). The number of nitrogens with one attached hydrogen (secondary N) is 2. The van der Waals surface area contributed by atoms with Crippen LogP contribution in [0, 0.1) is 25.5 Å². The Morgan fingerprint density at radius 2 is 1.69 bits per heavy atom. The number of carbonyl (C=O) groups is 3. The van der Waals surface area contributed by atoms with Crippen LogP contribution in [-0.2, 0) is 15.8 Å². The SMILES string of the molecule is CNC(=O)C(NC(=O)C(=O)c1c(C)nn(-c2cccc(C(F)(F)F)c2)c1C)c1ccc(F)c(F)c1. The molecule has 0 aliphatic rings. The molecular weight excluding hydrogens is 475 g/mol. The number of aryl methyl sites for hydroxylation is 1. The monoisotopic (exact) mass is 494 g/mol. The van der Waals surface area contributed by atoms with Crippen molar-refractivity contribution in [2.24, 2.45) is 0 Å². The van der Waals surface area contributed by atoms with Gasteiger partial charge in [-0.25, -0.2) is 13.5 Å². The maximum Gasteiger partial charge on any atom is 0.416 e. The van der Waals surface area contributed by atoms with Gasteiger partial charge in [0.25, 0.3) is 11.7 Å². The Morgan fingerprint density at radius 3 is 2.29 bits per heavy atom. The number of benzene rings is 2. The van der Waals surface area contributed by atoms with Gasteiger partial charge in [0.2, 0.25) is 5.91 Å². The molecule has 1 aromatic heterocycles. The number of Topliss-reactive ketones (excluding diaryl/α,β-unsaturated/α-hetero) is 1. The van der Waals surface area contributed by atoms with Crippen LogP contribution >= 0.6 is 0 Å². The zero-order chi connectivity index (χ0) is 26.1. The minimum atomic E-state index is -4.60. The second-order valence-electron chi connectivity index (χ2n) is 7.53. The van der Waals surface area contributed by atoms with Crippen molar-refractivity contribution < 1.29 is 36.3 Å². The number of hydrogen-bond acceptors (Lipinski definition) is 4. The van der Waals surface area contributed by atoms with Gasteiger partial charge in [-0.1, -0.05) is 12.1 Å². The molecule has 0 aliphatic heterocycles. The summed E-state index contributed by atoms with van der Waals surface area (Å²) in [7, 11) is 1.25. The van der Waals surface area contributed by atoms with Gasteiger partial charge < -0.3 is 10.6 Å². The van der Waals surface area contributed by atoms with Crippen molar-refractivity contribution in [1.29, 1.82) is 0 Å². The lowest BCUT2D eigenvalue weighted by Gasteiger charge is -2.17. The summed E-state index contributed by atoms with van der Waals surface area (Å²) in [5.41, 5.74) is -1.05. The van der Waals surface area contributed by atoms with E-state index in [0.29, 0.717) is 6.07 Å². The Labute approximate surface area is 195 Å². The Balaban J connectivity index is 1.94. The average Bonchev–Trinajstić information content (AvgIpc) is 3.11. The predicted octanol–water partition coefficient (Wildman–Crippen LogP) is 3.57. The van der Waals surface area contributed by atoms with E-state index in [1.54, 1.807) is 0 Å². The van der Waals surface area contributed by atoms with Gasteiger partial charge in [-0.05, 0) is 49.7 Å². The second kappa shape index (κ2) is 9.65. The number of amides is 2. The number of likely N-dealkylation sites (N-methyl/N-ethyl adjacent to an activating group) is 1. The smallest absolute Gasteiger partial charge is 0.357 e. The molecule has 2 N–H and O–H groups in total. The highest BCUT2D eigenvalue weighted by atomic mass is 19.4. The molecule has 35 heavy (non-hydrogen) atoms. The van der Waals surface area contributed by atoms with E-state index >= 15 is 0 Å². The molecular formula is C23H19F5N4O3. The van der Waals surface area contributed by atoms with Crippen molar-refractivity contribution in [2.45, 2.75) is 26.1 Å². The van der Waals surface area contributed by atoms with Gasteiger partial charge in [0.1, 0.15) is 6.04 Å². The summed E-state index contributed by atoms with van der Waals surface area (Å²) in [5, 5.41) is 8.54. The molecule has 0 saturated carbocycles. The fourth-order valence-electron chi connectivity index (χ4n) is 3.48. The molecule has 0 radical (unpaired) electrons. The van der Waals surface area contributed by atoms with Crippen LogP contribution in [-0.4, -0.2) is 34.4 Å². The van der Waals surface area contributed by atoms with Gasteiger partial charge in [-0.2, -0.15) is 18.3 Å². The van der Waals surface area contributed by atoms with Crippen LogP contribution in [0.2, 0.25) is 0 Å². The number of nitrogens with zero attached hydrogens (tertiary/aromatic N) is 2. The van der Waals surface area contributed by atoms with E-state index in [-0.39, 0.29) is 28.2 Å². The molecule has 0 saturated heterocycles. The summed E-state index contributed by atoms with van der Waals surface area (Å²) in [6, 6.07) is 5.29. The first kappa shape index (κ1) is 25.5. The predicted molar refractivity (Wildman–Crippen MR) is 114 cm³/mol. The number of aromatic nitrogens is 2. The summed E-state index contributed by atoms with van der Waals surface area (Å²) in [5.74, 6) is -5.59. The maximum absolute atomic E-state index is 13.7. The Morgan fingerprint density at radius 1 is 1.00 bits per heavy atom. The molecule has 12 heteroatoms. The van der Waals surface area contributed by atoms with Crippen molar-refractivity contribution in [1.82, 2.24) is 20.4 Å². The van der Waals surface area contributed by atoms with Gasteiger partial charge in [0.15, 0.2) is 11.6 Å². The average molecular weight is 494 g/mol. The largest absolute Gasteiger partial charge is 0.416 e. The Bertz CT molecular complexity index is 1320. The number of ketones is 1. The van der Waals surface area contributed by atoms with Crippen molar-refractivity contribution in [3.8, 4) is 5.69 Å². The first-order chi connectivity index (χ1) is 16.3. The van der Waals surface area contributed by atoms with E-state index < -0.39 is 47.0 Å². The normalized spacial score (nSPS) is 12.2. The van der Waals surface area contributed by atoms with Gasteiger partial charge in [0.05, 0.1) is 28.2 Å². The molecule has 0 fully saturated rings. The zero-order valence-electron chi connectivity index (χ0n) is 18.6. The minimum Gasteiger partial charge on any atom is -0.357 e. The summed E-state index contributed by atoms with van der Waals surface area (Å²) in [6.45, 7) is 2.79. The molecule has 1 unspecified atom stereocenters. The van der Waals surface area contributed by atoms with E-state index in [2.05, 4.69) is 15.7 Å². The van der Waals surface area contributed by atoms with Crippen LogP contribution in [0.1, 0.15) is 38.9 Å². The van der Waals surface area contributed by atoms with Gasteiger partial charge in [-0.3, -0.25) is 14.4 Å². The molecule has 3 aromatic rings. The summed E-state index contributed by atoms with van der Waals surface area (Å²) in [6.07, 6.45) is -4.60. The first-order valence-electron chi connectivity index (χ1n) is 10.1. The van der Waals surface area contributed by atoms with E-state index in [4.69, 9.17) is 0 Å². The van der Waals surface area contributed by atoms with Crippen LogP contribution in [0.25, 0.3) is 5.69 Å². The molecule has 1 heterocycles. The lowest BCUT2D eigenvalue weighted by atomic mass is 10.0. The van der Waals surface area contributed by atoms with Crippen molar-refractivity contribution in [3.05, 3.63) is 82.2 Å².